The topological polar surface area (TPSA) is 111 Å². The Hall–Kier alpha value is -2.50. The van der Waals surface area contributed by atoms with Crippen molar-refractivity contribution in [1.82, 2.24) is 10.3 Å². The van der Waals surface area contributed by atoms with Gasteiger partial charge in [0.1, 0.15) is 11.4 Å². The fourth-order valence-corrected chi connectivity index (χ4v) is 1.79. The van der Waals surface area contributed by atoms with E-state index in [1.165, 1.54) is 0 Å². The zero-order chi connectivity index (χ0) is 13.1. The van der Waals surface area contributed by atoms with Crippen LogP contribution < -0.4 is 21.8 Å². The minimum Gasteiger partial charge on any atom is -0.351 e. The summed E-state index contributed by atoms with van der Waals surface area (Å²) in [6, 6.07) is 7.40. The summed E-state index contributed by atoms with van der Waals surface area (Å²) in [5.41, 5.74) is 12.9. The van der Waals surface area contributed by atoms with E-state index in [0.29, 0.717) is 12.2 Å². The Labute approximate surface area is 104 Å². The highest BCUT2D eigenvalue weighted by Gasteiger charge is 2.11. The van der Waals surface area contributed by atoms with Crippen molar-refractivity contribution in [3.05, 3.63) is 30.0 Å². The molecule has 7 N–H and O–H groups in total. The van der Waals surface area contributed by atoms with E-state index in [4.69, 9.17) is 11.5 Å². The molecule has 18 heavy (non-hydrogen) atoms. The molecule has 2 aromatic rings. The average molecular weight is 246 g/mol. The summed E-state index contributed by atoms with van der Waals surface area (Å²) in [5, 5.41) is 3.66. The number of carbonyl (C=O) groups excluding carboxylic acids is 1. The summed E-state index contributed by atoms with van der Waals surface area (Å²) >= 11 is 0. The summed E-state index contributed by atoms with van der Waals surface area (Å²) in [7, 11) is 0. The molecule has 6 heteroatoms. The Morgan fingerprint density at radius 1 is 1.44 bits per heavy atom. The highest BCUT2D eigenvalue weighted by molar-refractivity contribution is 6.00. The first kappa shape index (κ1) is 12.0. The molecule has 1 aromatic carbocycles. The molecule has 0 aliphatic rings. The number of aromatic nitrogens is 1. The van der Waals surface area contributed by atoms with Gasteiger partial charge in [0.25, 0.3) is 5.91 Å². The lowest BCUT2D eigenvalue weighted by atomic mass is 10.2. The van der Waals surface area contributed by atoms with Crippen LogP contribution in [0.25, 0.3) is 10.9 Å². The van der Waals surface area contributed by atoms with Crippen LogP contribution in [0.4, 0.5) is 5.69 Å². The molecule has 6 nitrogen and oxygen atoms in total. The van der Waals surface area contributed by atoms with E-state index in [9.17, 15) is 4.79 Å². The third-order valence-electron chi connectivity index (χ3n) is 2.52. The predicted molar refractivity (Wildman–Crippen MR) is 70.3 cm³/mol. The standard InChI is InChI=1S/C12H15N5O/c1-2-15-11(18)9-6-7-4-3-5-8(10(7)16-9)17-12(13)14/h3-6,16H,2H2,1H3,(H,15,18)(H4,13,14,17)/p+1. The van der Waals surface area contributed by atoms with Crippen LogP contribution in [0.1, 0.15) is 17.4 Å². The van der Waals surface area contributed by atoms with Gasteiger partial charge in [0, 0.05) is 11.9 Å². The van der Waals surface area contributed by atoms with Gasteiger partial charge in [-0.3, -0.25) is 16.3 Å². The molecular formula is C12H16N5O+. The van der Waals surface area contributed by atoms with Gasteiger partial charge in [0.05, 0.1) is 5.52 Å². The monoisotopic (exact) mass is 246 g/mol. The van der Waals surface area contributed by atoms with Crippen molar-refractivity contribution in [3.8, 4) is 0 Å². The van der Waals surface area contributed by atoms with Crippen molar-refractivity contribution in [3.63, 3.8) is 0 Å². The molecule has 0 aliphatic heterocycles. The van der Waals surface area contributed by atoms with Gasteiger partial charge in [-0.15, -0.1) is 0 Å². The van der Waals surface area contributed by atoms with Gasteiger partial charge in [-0.25, -0.2) is 4.99 Å². The van der Waals surface area contributed by atoms with Crippen LogP contribution in [0.3, 0.4) is 0 Å². The normalized spacial score (nSPS) is 10.3. The number of hydrogen-bond acceptors (Lipinski definition) is 1. The van der Waals surface area contributed by atoms with Gasteiger partial charge in [0.15, 0.2) is 0 Å². The van der Waals surface area contributed by atoms with E-state index in [2.05, 4.69) is 15.3 Å². The second kappa shape index (κ2) is 4.79. The van der Waals surface area contributed by atoms with Crippen molar-refractivity contribution in [2.45, 2.75) is 6.92 Å². The van der Waals surface area contributed by atoms with Crippen LogP contribution in [0.2, 0.25) is 0 Å². The van der Waals surface area contributed by atoms with E-state index in [-0.39, 0.29) is 11.9 Å². The number of nitrogens with one attached hydrogen (secondary N) is 3. The molecule has 0 radical (unpaired) electrons. The Morgan fingerprint density at radius 3 is 2.89 bits per heavy atom. The Balaban J connectivity index is 2.51. The maximum absolute atomic E-state index is 11.7. The maximum atomic E-state index is 11.7. The third-order valence-corrected chi connectivity index (χ3v) is 2.52. The van der Waals surface area contributed by atoms with E-state index >= 15 is 0 Å². The first-order valence-electron chi connectivity index (χ1n) is 5.66. The number of nitrogens with two attached hydrogens (primary N) is 2. The molecule has 0 saturated carbocycles. The van der Waals surface area contributed by atoms with E-state index < -0.39 is 0 Å². The molecule has 0 bridgehead atoms. The molecule has 1 heterocycles. The van der Waals surface area contributed by atoms with Crippen molar-refractivity contribution in [2.24, 2.45) is 11.5 Å². The zero-order valence-electron chi connectivity index (χ0n) is 10.1. The number of benzene rings is 1. The van der Waals surface area contributed by atoms with Crippen LogP contribution in [0.5, 0.6) is 0 Å². The quantitative estimate of drug-likeness (QED) is 0.350. The first-order chi connectivity index (χ1) is 8.61. The van der Waals surface area contributed by atoms with Crippen molar-refractivity contribution in [1.29, 1.82) is 0 Å². The molecular weight excluding hydrogens is 230 g/mol. The molecule has 1 amide bonds. The average Bonchev–Trinajstić information content (AvgIpc) is 2.73. The van der Waals surface area contributed by atoms with Crippen LogP contribution in [0, 0.1) is 0 Å². The van der Waals surface area contributed by atoms with Crippen molar-refractivity contribution >= 4 is 28.5 Å². The lowest BCUT2D eigenvalue weighted by molar-refractivity contribution is -0.354. The fourth-order valence-electron chi connectivity index (χ4n) is 1.79. The number of guanidine groups is 1. The minimum absolute atomic E-state index is 0.108. The highest BCUT2D eigenvalue weighted by atomic mass is 16.1. The molecule has 0 atom stereocenters. The van der Waals surface area contributed by atoms with Crippen LogP contribution in [-0.4, -0.2) is 23.4 Å². The lowest BCUT2D eigenvalue weighted by Crippen LogP contribution is -2.72. The van der Waals surface area contributed by atoms with E-state index in [1.54, 1.807) is 6.07 Å². The number of carbonyl (C=O) groups is 1. The summed E-state index contributed by atoms with van der Waals surface area (Å²) in [6.45, 7) is 2.46. The smallest absolute Gasteiger partial charge is 0.343 e. The number of rotatable bonds is 3. The highest BCUT2D eigenvalue weighted by Crippen LogP contribution is 2.20. The van der Waals surface area contributed by atoms with Crippen LogP contribution in [0.15, 0.2) is 24.3 Å². The van der Waals surface area contributed by atoms with Gasteiger partial charge < -0.3 is 10.3 Å². The molecule has 2 rings (SSSR count). The summed E-state index contributed by atoms with van der Waals surface area (Å²) < 4.78 is 0. The van der Waals surface area contributed by atoms with E-state index in [0.717, 1.165) is 16.6 Å². The van der Waals surface area contributed by atoms with Crippen LogP contribution >= 0.6 is 0 Å². The van der Waals surface area contributed by atoms with Gasteiger partial charge in [0.2, 0.25) is 0 Å². The van der Waals surface area contributed by atoms with Crippen molar-refractivity contribution < 1.29 is 9.79 Å². The second-order valence-corrected chi connectivity index (χ2v) is 3.89. The molecule has 0 saturated heterocycles. The van der Waals surface area contributed by atoms with Crippen molar-refractivity contribution in [2.75, 3.05) is 6.54 Å². The van der Waals surface area contributed by atoms with Gasteiger partial charge in [-0.05, 0) is 19.1 Å². The number of aromatic amines is 1. The summed E-state index contributed by atoms with van der Waals surface area (Å²) in [5.74, 6) is -0.0268. The SMILES string of the molecule is CCNC(=O)c1cc2cccc([NH+]=C(N)N)c2[nH]1. The van der Waals surface area contributed by atoms with Gasteiger partial charge in [-0.2, -0.15) is 0 Å². The number of para-hydroxylation sites is 1. The molecule has 1 aromatic heterocycles. The molecule has 0 fully saturated rings. The number of H-pyrrole nitrogens is 1. The molecule has 0 aliphatic carbocycles. The number of fused-ring (bicyclic) bond motifs is 1. The fraction of sp³-hybridized carbons (Fsp3) is 0.167. The zero-order valence-corrected chi connectivity index (χ0v) is 10.1. The number of amides is 1. The second-order valence-electron chi connectivity index (χ2n) is 3.89. The predicted octanol–water partition coefficient (Wildman–Crippen LogP) is -1.10. The van der Waals surface area contributed by atoms with Crippen LogP contribution in [-0.2, 0) is 0 Å². The summed E-state index contributed by atoms with van der Waals surface area (Å²) in [4.78, 5) is 17.6. The summed E-state index contributed by atoms with van der Waals surface area (Å²) in [6.07, 6.45) is 0. The maximum Gasteiger partial charge on any atom is 0.343 e. The largest absolute Gasteiger partial charge is 0.351 e. The Bertz CT molecular complexity index is 610. The van der Waals surface area contributed by atoms with E-state index in [1.807, 2.05) is 25.1 Å². The third kappa shape index (κ3) is 2.27. The molecule has 94 valence electrons. The number of hydrogen-bond donors (Lipinski definition) is 5. The first-order valence-corrected chi connectivity index (χ1v) is 5.66. The minimum atomic E-state index is -0.135. The van der Waals surface area contributed by atoms with Gasteiger partial charge >= 0.3 is 5.96 Å². The molecule has 0 unspecified atom stereocenters. The molecule has 0 spiro atoms. The lowest BCUT2D eigenvalue weighted by Gasteiger charge is -1.97. The Morgan fingerprint density at radius 2 is 2.22 bits per heavy atom. The Kier molecular flexibility index (Phi) is 3.18. The van der Waals surface area contributed by atoms with Gasteiger partial charge in [-0.1, -0.05) is 12.1 Å².